The van der Waals surface area contributed by atoms with Crippen LogP contribution in [-0.2, 0) is 11.2 Å². The molecule has 0 spiro atoms. The van der Waals surface area contributed by atoms with Crippen molar-refractivity contribution in [3.63, 3.8) is 0 Å². The topological polar surface area (TPSA) is 66.3 Å². The molecule has 0 aliphatic carbocycles. The molecule has 19 heavy (non-hydrogen) atoms. The van der Waals surface area contributed by atoms with Crippen LogP contribution in [0, 0.1) is 5.92 Å². The van der Waals surface area contributed by atoms with E-state index in [1.54, 1.807) is 0 Å². The summed E-state index contributed by atoms with van der Waals surface area (Å²) >= 11 is 0. The van der Waals surface area contributed by atoms with Crippen LogP contribution >= 0.6 is 0 Å². The number of aryl methyl sites for hydroxylation is 1. The second-order valence-electron chi connectivity index (χ2n) is 5.19. The van der Waals surface area contributed by atoms with Gasteiger partial charge in [-0.25, -0.2) is 9.97 Å². The molecule has 5 heteroatoms. The van der Waals surface area contributed by atoms with Gasteiger partial charge in [0.15, 0.2) is 0 Å². The van der Waals surface area contributed by atoms with Crippen LogP contribution in [0.15, 0.2) is 12.4 Å². The number of hydrogen-bond donors (Lipinski definition) is 1. The van der Waals surface area contributed by atoms with Crippen LogP contribution in [0.25, 0.3) is 0 Å². The molecule has 0 aromatic carbocycles. The third-order valence-corrected chi connectivity index (χ3v) is 3.50. The molecule has 1 fully saturated rings. The zero-order valence-electron chi connectivity index (χ0n) is 11.4. The van der Waals surface area contributed by atoms with Gasteiger partial charge in [0.05, 0.1) is 0 Å². The number of carboxylic acids is 1. The molecule has 0 amide bonds. The van der Waals surface area contributed by atoms with Crippen molar-refractivity contribution in [1.82, 2.24) is 9.97 Å². The lowest BCUT2D eigenvalue weighted by molar-refractivity contribution is -0.138. The zero-order chi connectivity index (χ0) is 13.7. The van der Waals surface area contributed by atoms with E-state index >= 15 is 0 Å². The van der Waals surface area contributed by atoms with Crippen LogP contribution in [-0.4, -0.2) is 34.1 Å². The third-order valence-electron chi connectivity index (χ3n) is 3.50. The molecule has 0 saturated carbocycles. The Hall–Kier alpha value is -1.65. The van der Waals surface area contributed by atoms with E-state index in [0.717, 1.165) is 50.3 Å². The molecule has 1 aliphatic rings. The summed E-state index contributed by atoms with van der Waals surface area (Å²) in [4.78, 5) is 21.7. The van der Waals surface area contributed by atoms with Gasteiger partial charge in [0, 0.05) is 31.9 Å². The van der Waals surface area contributed by atoms with Crippen molar-refractivity contribution in [2.24, 2.45) is 5.92 Å². The van der Waals surface area contributed by atoms with Crippen LogP contribution < -0.4 is 4.90 Å². The Kier molecular flexibility index (Phi) is 4.71. The minimum absolute atomic E-state index is 0.213. The average molecular weight is 263 g/mol. The summed E-state index contributed by atoms with van der Waals surface area (Å²) in [6.45, 7) is 3.80. The maximum absolute atomic E-state index is 10.8. The highest BCUT2D eigenvalue weighted by molar-refractivity contribution is 5.67. The minimum atomic E-state index is -0.717. The Morgan fingerprint density at radius 3 is 2.84 bits per heavy atom. The largest absolute Gasteiger partial charge is 0.481 e. The first kappa shape index (κ1) is 13.8. The fraction of sp³-hybridized carbons (Fsp3) is 0.643. The Bertz CT molecular complexity index is 419. The summed E-state index contributed by atoms with van der Waals surface area (Å²) < 4.78 is 0. The van der Waals surface area contributed by atoms with Crippen LogP contribution in [0.3, 0.4) is 0 Å². The molecule has 5 nitrogen and oxygen atoms in total. The molecule has 1 atom stereocenters. The predicted octanol–water partition coefficient (Wildman–Crippen LogP) is 2.12. The summed E-state index contributed by atoms with van der Waals surface area (Å²) in [5.41, 5.74) is 1.16. The molecule has 1 aromatic rings. The van der Waals surface area contributed by atoms with E-state index in [2.05, 4.69) is 21.8 Å². The molecule has 2 rings (SSSR count). The molecule has 1 N–H and O–H groups in total. The first-order valence-electron chi connectivity index (χ1n) is 6.96. The van der Waals surface area contributed by atoms with Crippen molar-refractivity contribution in [3.05, 3.63) is 18.0 Å². The van der Waals surface area contributed by atoms with Crippen LogP contribution in [0.2, 0.25) is 0 Å². The van der Waals surface area contributed by atoms with Crippen molar-refractivity contribution in [1.29, 1.82) is 0 Å². The van der Waals surface area contributed by atoms with Gasteiger partial charge in [-0.3, -0.25) is 4.79 Å². The van der Waals surface area contributed by atoms with Crippen LogP contribution in [0.5, 0.6) is 0 Å². The molecule has 1 aromatic heterocycles. The van der Waals surface area contributed by atoms with E-state index in [-0.39, 0.29) is 12.3 Å². The number of hydrogen-bond acceptors (Lipinski definition) is 4. The number of carboxylic acid groups (broad SMARTS) is 1. The summed E-state index contributed by atoms with van der Waals surface area (Å²) in [5, 5.41) is 8.87. The van der Waals surface area contributed by atoms with Crippen molar-refractivity contribution >= 4 is 11.9 Å². The first-order valence-corrected chi connectivity index (χ1v) is 6.96. The Labute approximate surface area is 113 Å². The Morgan fingerprint density at radius 2 is 2.21 bits per heavy atom. The summed E-state index contributed by atoms with van der Waals surface area (Å²) in [7, 11) is 0. The van der Waals surface area contributed by atoms with Crippen molar-refractivity contribution in [2.75, 3.05) is 18.0 Å². The number of aromatic nitrogens is 2. The maximum atomic E-state index is 10.8. The van der Waals surface area contributed by atoms with E-state index in [1.807, 2.05) is 12.4 Å². The van der Waals surface area contributed by atoms with Gasteiger partial charge >= 0.3 is 5.97 Å². The monoisotopic (exact) mass is 263 g/mol. The summed E-state index contributed by atoms with van der Waals surface area (Å²) in [6.07, 6.45) is 8.09. The zero-order valence-corrected chi connectivity index (χ0v) is 11.4. The van der Waals surface area contributed by atoms with Gasteiger partial charge < -0.3 is 10.0 Å². The van der Waals surface area contributed by atoms with Gasteiger partial charge in [-0.2, -0.15) is 0 Å². The second kappa shape index (κ2) is 6.50. The quantitative estimate of drug-likeness (QED) is 0.881. The smallest absolute Gasteiger partial charge is 0.303 e. The molecule has 2 heterocycles. The summed E-state index contributed by atoms with van der Waals surface area (Å²) in [5.74, 6) is 0.228. The van der Waals surface area contributed by atoms with Gasteiger partial charge in [0.2, 0.25) is 5.95 Å². The Morgan fingerprint density at radius 1 is 1.47 bits per heavy atom. The minimum Gasteiger partial charge on any atom is -0.481 e. The number of rotatable bonds is 5. The number of nitrogens with zero attached hydrogens (tertiary/aromatic N) is 3. The predicted molar refractivity (Wildman–Crippen MR) is 73.2 cm³/mol. The van der Waals surface area contributed by atoms with E-state index in [9.17, 15) is 4.79 Å². The Balaban J connectivity index is 1.98. The van der Waals surface area contributed by atoms with E-state index in [4.69, 9.17) is 5.11 Å². The van der Waals surface area contributed by atoms with Gasteiger partial charge in [-0.15, -0.1) is 0 Å². The second-order valence-corrected chi connectivity index (χ2v) is 5.19. The number of aliphatic carboxylic acids is 1. The van der Waals surface area contributed by atoms with Gasteiger partial charge in [0.25, 0.3) is 0 Å². The van der Waals surface area contributed by atoms with E-state index in [0.29, 0.717) is 0 Å². The number of carbonyl (C=O) groups is 1. The third kappa shape index (κ3) is 3.91. The highest BCUT2D eigenvalue weighted by atomic mass is 16.4. The number of piperidine rings is 1. The number of anilines is 1. The highest BCUT2D eigenvalue weighted by Gasteiger charge is 2.23. The highest BCUT2D eigenvalue weighted by Crippen LogP contribution is 2.22. The molecule has 1 saturated heterocycles. The molecule has 0 bridgehead atoms. The van der Waals surface area contributed by atoms with E-state index < -0.39 is 5.97 Å². The fourth-order valence-corrected chi connectivity index (χ4v) is 2.59. The fourth-order valence-electron chi connectivity index (χ4n) is 2.59. The lowest BCUT2D eigenvalue weighted by Crippen LogP contribution is -2.37. The SMILES string of the molecule is CCCc1cnc(N2CCCC(CC(=O)O)C2)nc1. The first-order chi connectivity index (χ1) is 9.19. The summed E-state index contributed by atoms with van der Waals surface area (Å²) in [6, 6.07) is 0. The van der Waals surface area contributed by atoms with Gasteiger partial charge in [0.1, 0.15) is 0 Å². The molecule has 104 valence electrons. The van der Waals surface area contributed by atoms with Gasteiger partial charge in [-0.1, -0.05) is 13.3 Å². The molecule has 1 aliphatic heterocycles. The maximum Gasteiger partial charge on any atom is 0.303 e. The van der Waals surface area contributed by atoms with Crippen LogP contribution in [0.4, 0.5) is 5.95 Å². The average Bonchev–Trinajstić information content (AvgIpc) is 2.39. The molecule has 1 unspecified atom stereocenters. The van der Waals surface area contributed by atoms with Crippen LogP contribution in [0.1, 0.15) is 38.2 Å². The molecular weight excluding hydrogens is 242 g/mol. The lowest BCUT2D eigenvalue weighted by Gasteiger charge is -2.32. The molecular formula is C14H21N3O2. The van der Waals surface area contributed by atoms with E-state index in [1.165, 1.54) is 0 Å². The van der Waals surface area contributed by atoms with Crippen molar-refractivity contribution in [2.45, 2.75) is 39.0 Å². The normalized spacial score (nSPS) is 19.4. The van der Waals surface area contributed by atoms with Crippen molar-refractivity contribution in [3.8, 4) is 0 Å². The lowest BCUT2D eigenvalue weighted by atomic mass is 9.95. The molecule has 0 radical (unpaired) electrons. The van der Waals surface area contributed by atoms with Crippen molar-refractivity contribution < 1.29 is 9.90 Å². The van der Waals surface area contributed by atoms with Gasteiger partial charge in [-0.05, 0) is 30.7 Å². The standard InChI is InChI=1S/C14H21N3O2/c1-2-4-12-8-15-14(16-9-12)17-6-3-5-11(10-17)7-13(18)19/h8-9,11H,2-7,10H2,1H3,(H,18,19).